The molecule has 3 aromatic rings. The number of hydrogen-bond donors (Lipinski definition) is 3. The number of aliphatic hydroxyl groups excluding tert-OH is 1. The molecule has 2 amide bonds. The van der Waals surface area contributed by atoms with Crippen LogP contribution in [0.2, 0.25) is 0 Å². The summed E-state index contributed by atoms with van der Waals surface area (Å²) in [5.41, 5.74) is 4.47. The highest BCUT2D eigenvalue weighted by Gasteiger charge is 2.40. The van der Waals surface area contributed by atoms with E-state index >= 15 is 0 Å². The molecule has 0 saturated heterocycles. The average Bonchev–Trinajstić information content (AvgIpc) is 3.23. The second kappa shape index (κ2) is 10.8. The molecule has 0 unspecified atom stereocenters. The van der Waals surface area contributed by atoms with Gasteiger partial charge in [-0.1, -0.05) is 78.9 Å². The van der Waals surface area contributed by atoms with Crippen LogP contribution in [0.5, 0.6) is 0 Å². The summed E-state index contributed by atoms with van der Waals surface area (Å²) < 4.78 is 10.2. The summed E-state index contributed by atoms with van der Waals surface area (Å²) in [7, 11) is 1.25. The van der Waals surface area contributed by atoms with Gasteiger partial charge in [-0.15, -0.1) is 0 Å². The Hall–Kier alpha value is -4.17. The monoisotopic (exact) mass is 474 g/mol. The number of carbonyl (C=O) groups excluding carboxylic acids is 3. The number of methoxy groups -OCH3 is 1. The molecule has 4 rings (SSSR count). The van der Waals surface area contributed by atoms with Crippen LogP contribution in [-0.2, 0) is 25.7 Å². The number of aliphatic hydroxyl groups is 1. The minimum Gasteiger partial charge on any atom is -0.467 e. The first-order valence-electron chi connectivity index (χ1n) is 11.2. The number of esters is 1. The van der Waals surface area contributed by atoms with Gasteiger partial charge in [-0.05, 0) is 27.8 Å². The van der Waals surface area contributed by atoms with Crippen LogP contribution in [0.25, 0.3) is 11.1 Å². The van der Waals surface area contributed by atoms with Crippen molar-refractivity contribution >= 4 is 18.0 Å². The van der Waals surface area contributed by atoms with Crippen LogP contribution < -0.4 is 10.6 Å². The van der Waals surface area contributed by atoms with E-state index in [1.54, 1.807) is 12.1 Å². The molecule has 0 heterocycles. The normalized spacial score (nSPS) is 13.7. The topological polar surface area (TPSA) is 114 Å². The molecule has 0 bridgehead atoms. The Morgan fingerprint density at radius 1 is 0.857 bits per heavy atom. The van der Waals surface area contributed by atoms with Gasteiger partial charge in [0.15, 0.2) is 0 Å². The first-order chi connectivity index (χ1) is 17.0. The first-order valence-corrected chi connectivity index (χ1v) is 11.2. The molecule has 3 aromatic carbocycles. The number of ether oxygens (including phenoxy) is 2. The van der Waals surface area contributed by atoms with Crippen molar-refractivity contribution in [2.24, 2.45) is 0 Å². The Morgan fingerprint density at radius 3 is 2.00 bits per heavy atom. The maximum absolute atomic E-state index is 13.0. The van der Waals surface area contributed by atoms with E-state index in [-0.39, 0.29) is 6.61 Å². The Labute approximate surface area is 202 Å². The zero-order valence-corrected chi connectivity index (χ0v) is 19.1. The fraction of sp³-hybridized carbons (Fsp3) is 0.222. The zero-order chi connectivity index (χ0) is 24.8. The number of carbonyl (C=O) groups is 3. The molecule has 0 radical (unpaired) electrons. The van der Waals surface area contributed by atoms with E-state index in [0.29, 0.717) is 0 Å². The van der Waals surface area contributed by atoms with E-state index in [9.17, 15) is 19.5 Å². The van der Waals surface area contributed by atoms with Crippen LogP contribution in [0.4, 0.5) is 4.79 Å². The average molecular weight is 475 g/mol. The summed E-state index contributed by atoms with van der Waals surface area (Å²) in [4.78, 5) is 38.1. The summed E-state index contributed by atoms with van der Waals surface area (Å²) in [5.74, 6) is -1.87. The molecule has 3 N–H and O–H groups in total. The van der Waals surface area contributed by atoms with Crippen molar-refractivity contribution in [2.45, 2.75) is 24.6 Å². The van der Waals surface area contributed by atoms with Crippen LogP contribution >= 0.6 is 0 Å². The predicted octanol–water partition coefficient (Wildman–Crippen LogP) is 2.74. The third kappa shape index (κ3) is 5.17. The number of hydrogen-bond acceptors (Lipinski definition) is 6. The highest BCUT2D eigenvalue weighted by Crippen LogP contribution is 2.46. The van der Waals surface area contributed by atoms with Crippen molar-refractivity contribution in [1.82, 2.24) is 10.6 Å². The first kappa shape index (κ1) is 24.0. The van der Waals surface area contributed by atoms with Gasteiger partial charge in [-0.2, -0.15) is 0 Å². The number of alkyl carbamates (subject to hydrolysis) is 1. The lowest BCUT2D eigenvalue weighted by Gasteiger charge is -2.26. The van der Waals surface area contributed by atoms with Gasteiger partial charge in [0.25, 0.3) is 0 Å². The summed E-state index contributed by atoms with van der Waals surface area (Å²) in [6, 6.07) is 22.0. The summed E-state index contributed by atoms with van der Waals surface area (Å²) in [6.45, 7) is -0.676. The molecule has 1 aliphatic carbocycles. The fourth-order valence-electron chi connectivity index (χ4n) is 4.31. The Balaban J connectivity index is 1.51. The lowest BCUT2D eigenvalue weighted by Crippen LogP contribution is -2.54. The molecule has 0 spiro atoms. The van der Waals surface area contributed by atoms with Gasteiger partial charge >= 0.3 is 12.1 Å². The Bertz CT molecular complexity index is 1170. The maximum Gasteiger partial charge on any atom is 0.408 e. The minimum absolute atomic E-state index is 0.00681. The Morgan fingerprint density at radius 2 is 1.43 bits per heavy atom. The Kier molecular flexibility index (Phi) is 7.42. The third-order valence-electron chi connectivity index (χ3n) is 5.97. The number of fused-ring (bicyclic) bond motifs is 3. The second-order valence-electron chi connectivity index (χ2n) is 8.10. The van der Waals surface area contributed by atoms with Crippen LogP contribution in [0.1, 0.15) is 22.6 Å². The number of rotatable bonds is 8. The number of amides is 2. The van der Waals surface area contributed by atoms with E-state index in [1.165, 1.54) is 7.11 Å². The SMILES string of the molecule is COC(=O)[C@@H](NC(=O)[C@H](CO)NC(=O)OCc1ccccc1)C1c2ccccc2-c2ccccc21. The van der Waals surface area contributed by atoms with Crippen molar-refractivity contribution in [3.63, 3.8) is 0 Å². The summed E-state index contributed by atoms with van der Waals surface area (Å²) in [5, 5.41) is 14.8. The van der Waals surface area contributed by atoms with Gasteiger partial charge in [0, 0.05) is 5.92 Å². The van der Waals surface area contributed by atoms with E-state index < -0.39 is 42.6 Å². The minimum atomic E-state index is -1.32. The summed E-state index contributed by atoms with van der Waals surface area (Å²) >= 11 is 0. The molecular formula is C27H26N2O6. The van der Waals surface area contributed by atoms with E-state index in [4.69, 9.17) is 9.47 Å². The molecular weight excluding hydrogens is 448 g/mol. The lowest BCUT2D eigenvalue weighted by atomic mass is 9.89. The molecule has 8 heteroatoms. The van der Waals surface area contributed by atoms with Crippen molar-refractivity contribution in [3.8, 4) is 11.1 Å². The number of nitrogens with one attached hydrogen (secondary N) is 2. The van der Waals surface area contributed by atoms with Gasteiger partial charge in [0.2, 0.25) is 5.91 Å². The van der Waals surface area contributed by atoms with Crippen molar-refractivity contribution < 1.29 is 29.0 Å². The molecule has 0 aromatic heterocycles. The van der Waals surface area contributed by atoms with Crippen molar-refractivity contribution in [2.75, 3.05) is 13.7 Å². The molecule has 0 fully saturated rings. The molecule has 0 aliphatic heterocycles. The molecule has 0 saturated carbocycles. The van der Waals surface area contributed by atoms with Crippen LogP contribution in [0.15, 0.2) is 78.9 Å². The maximum atomic E-state index is 13.0. The van der Waals surface area contributed by atoms with Crippen LogP contribution in [0, 0.1) is 0 Å². The molecule has 35 heavy (non-hydrogen) atoms. The van der Waals surface area contributed by atoms with Gasteiger partial charge in [0.1, 0.15) is 18.7 Å². The summed E-state index contributed by atoms with van der Waals surface area (Å²) in [6.07, 6.45) is -0.866. The predicted molar refractivity (Wildman–Crippen MR) is 128 cm³/mol. The smallest absolute Gasteiger partial charge is 0.408 e. The molecule has 2 atom stereocenters. The standard InChI is InChI=1S/C27H26N2O6/c1-34-26(32)24(23-20-13-7-5-11-18(20)19-12-6-8-14-21(19)23)29-25(31)22(15-30)28-27(33)35-16-17-9-3-2-4-10-17/h2-14,22-24,30H,15-16H2,1H3,(H,28,33)(H,29,31)/t22-,24-/m0/s1. The van der Waals surface area contributed by atoms with Gasteiger partial charge in [-0.25, -0.2) is 9.59 Å². The molecule has 8 nitrogen and oxygen atoms in total. The largest absolute Gasteiger partial charge is 0.467 e. The van der Waals surface area contributed by atoms with E-state index in [0.717, 1.165) is 27.8 Å². The zero-order valence-electron chi connectivity index (χ0n) is 19.1. The lowest BCUT2D eigenvalue weighted by molar-refractivity contribution is -0.145. The van der Waals surface area contributed by atoms with Crippen LogP contribution in [0.3, 0.4) is 0 Å². The molecule has 1 aliphatic rings. The molecule has 180 valence electrons. The number of benzene rings is 3. The fourth-order valence-corrected chi connectivity index (χ4v) is 4.31. The van der Waals surface area contributed by atoms with E-state index in [2.05, 4.69) is 10.6 Å². The quantitative estimate of drug-likeness (QED) is 0.433. The highest BCUT2D eigenvalue weighted by molar-refractivity contribution is 5.92. The van der Waals surface area contributed by atoms with E-state index in [1.807, 2.05) is 66.7 Å². The highest BCUT2D eigenvalue weighted by atomic mass is 16.5. The van der Waals surface area contributed by atoms with Crippen LogP contribution in [-0.4, -0.2) is 48.9 Å². The van der Waals surface area contributed by atoms with Crippen molar-refractivity contribution in [1.29, 1.82) is 0 Å². The second-order valence-corrected chi connectivity index (χ2v) is 8.10. The third-order valence-corrected chi connectivity index (χ3v) is 5.97. The van der Waals surface area contributed by atoms with Gasteiger partial charge in [-0.3, -0.25) is 4.79 Å². The van der Waals surface area contributed by atoms with Gasteiger partial charge in [0.05, 0.1) is 13.7 Å². The van der Waals surface area contributed by atoms with Gasteiger partial charge < -0.3 is 25.2 Å². The van der Waals surface area contributed by atoms with Crippen molar-refractivity contribution in [3.05, 3.63) is 95.6 Å².